The minimum atomic E-state index is -0.434. The van der Waals surface area contributed by atoms with Gasteiger partial charge < -0.3 is 41.9 Å². The van der Waals surface area contributed by atoms with Gasteiger partial charge in [0.2, 0.25) is 0 Å². The third-order valence-electron chi connectivity index (χ3n) is 13.8. The van der Waals surface area contributed by atoms with E-state index in [4.69, 9.17) is 41.9 Å². The minimum absolute atomic E-state index is 0.0157. The quantitative estimate of drug-likeness (QED) is 0.0161. The van der Waals surface area contributed by atoms with Gasteiger partial charge in [0, 0.05) is 47.7 Å². The second kappa shape index (κ2) is 31.8. The molecule has 4 aromatic carbocycles. The molecule has 73 heavy (non-hydrogen) atoms. The lowest BCUT2D eigenvalue weighted by Crippen LogP contribution is -2.24. The predicted molar refractivity (Wildman–Crippen MR) is 295 cm³/mol. The molecule has 0 spiro atoms. The smallest absolute Gasteiger partial charge is 0.338 e. The van der Waals surface area contributed by atoms with Crippen molar-refractivity contribution in [2.24, 2.45) is 11.8 Å². The summed E-state index contributed by atoms with van der Waals surface area (Å²) in [6.07, 6.45) is 30.1. The van der Waals surface area contributed by atoms with Gasteiger partial charge in [-0.3, -0.25) is 0 Å². The normalized spacial score (nSPS) is 17.6. The van der Waals surface area contributed by atoms with Crippen LogP contribution in [-0.2, 0) is 41.4 Å². The van der Waals surface area contributed by atoms with Gasteiger partial charge in [-0.15, -0.1) is 0 Å². The molecule has 0 saturated heterocycles. The lowest BCUT2D eigenvalue weighted by molar-refractivity contribution is -0.138. The Hall–Kier alpha value is -6.56. The fourth-order valence-electron chi connectivity index (χ4n) is 9.62. The molecule has 0 aliphatic heterocycles. The number of esters is 4. The number of hydrogen-bond acceptors (Lipinski definition) is 12. The van der Waals surface area contributed by atoms with E-state index in [2.05, 4.69) is 13.8 Å². The number of unbranched alkanes of at least 4 members (excludes halogenated alkanes) is 7. The van der Waals surface area contributed by atoms with E-state index in [1.807, 2.05) is 24.3 Å². The van der Waals surface area contributed by atoms with Crippen LogP contribution in [0.25, 0.3) is 12.2 Å². The maximum Gasteiger partial charge on any atom is 0.338 e. The molecule has 0 atom stereocenters. The number of carbonyl (C=O) groups is 4. The van der Waals surface area contributed by atoms with Crippen molar-refractivity contribution in [1.82, 2.24) is 0 Å². The van der Waals surface area contributed by atoms with Crippen LogP contribution in [-0.4, -0.2) is 49.3 Å². The van der Waals surface area contributed by atoms with Crippen molar-refractivity contribution in [3.8, 4) is 0 Å². The largest absolute Gasteiger partial charge is 0.462 e. The monoisotopic (exact) mass is 999 g/mol. The van der Waals surface area contributed by atoms with Gasteiger partial charge in [-0.05, 0) is 158 Å². The number of nitrogens with two attached hydrogens (primary N) is 4. The van der Waals surface area contributed by atoms with E-state index in [9.17, 15) is 19.2 Å². The van der Waals surface area contributed by atoms with E-state index in [-0.39, 0.29) is 37.4 Å². The van der Waals surface area contributed by atoms with Crippen molar-refractivity contribution in [3.05, 3.63) is 130 Å². The molecule has 2 aliphatic rings. The zero-order chi connectivity index (χ0) is 52.2. The fraction of sp³-hybridized carbons (Fsp3) is 0.475. The van der Waals surface area contributed by atoms with Crippen LogP contribution < -0.4 is 22.9 Å². The van der Waals surface area contributed by atoms with Crippen molar-refractivity contribution < 1.29 is 38.1 Å². The summed E-state index contributed by atoms with van der Waals surface area (Å²) >= 11 is 0. The summed E-state index contributed by atoms with van der Waals surface area (Å²) in [5, 5.41) is 0. The van der Waals surface area contributed by atoms with Gasteiger partial charge in [0.25, 0.3) is 0 Å². The molecule has 0 unspecified atom stereocenters. The summed E-state index contributed by atoms with van der Waals surface area (Å²) in [4.78, 5) is 49.2. The number of ether oxygens (including phenoxy) is 4. The van der Waals surface area contributed by atoms with Gasteiger partial charge in [-0.25, -0.2) is 19.2 Å². The number of nitrogen functional groups attached to an aromatic ring is 4. The van der Waals surface area contributed by atoms with E-state index < -0.39 is 11.9 Å². The fourth-order valence-corrected chi connectivity index (χ4v) is 9.62. The van der Waals surface area contributed by atoms with Crippen molar-refractivity contribution in [2.75, 3.05) is 36.1 Å². The highest BCUT2D eigenvalue weighted by atomic mass is 16.6. The van der Waals surface area contributed by atoms with Crippen LogP contribution in [0.3, 0.4) is 0 Å². The van der Waals surface area contributed by atoms with Crippen LogP contribution in [0, 0.1) is 11.8 Å². The number of anilines is 4. The van der Waals surface area contributed by atoms with Gasteiger partial charge >= 0.3 is 23.9 Å². The van der Waals surface area contributed by atoms with E-state index >= 15 is 0 Å². The first-order valence-corrected chi connectivity index (χ1v) is 27.0. The average Bonchev–Trinajstić information content (AvgIpc) is 3.37. The maximum atomic E-state index is 12.6. The first kappa shape index (κ1) is 57.3. The third-order valence-corrected chi connectivity index (χ3v) is 13.8. The Labute approximate surface area is 434 Å². The molecular weight excluding hydrogens is 917 g/mol. The lowest BCUT2D eigenvalue weighted by atomic mass is 9.84. The molecule has 0 radical (unpaired) electrons. The first-order chi connectivity index (χ1) is 35.3. The van der Waals surface area contributed by atoms with E-state index in [0.29, 0.717) is 46.7 Å². The third kappa shape index (κ3) is 22.4. The Morgan fingerprint density at radius 1 is 0.466 bits per heavy atom. The minimum Gasteiger partial charge on any atom is -0.462 e. The van der Waals surface area contributed by atoms with Gasteiger partial charge in [-0.2, -0.15) is 0 Å². The highest BCUT2D eigenvalue weighted by Gasteiger charge is 2.25. The molecule has 2 fully saturated rings. The van der Waals surface area contributed by atoms with Crippen LogP contribution in [0.5, 0.6) is 0 Å². The SMILES string of the molecule is CCCCCCC1CCC(OC(=O)c2ccc(/C=C/C(=O)OCCc3cc(N)cc(N)c3)cc2)CC1.CCCCCCCC1CCC(OC(=O)c2ccc(/C=C/C(=O)OCCc3cc(N)cc(N)c3)cc2)CC1. The summed E-state index contributed by atoms with van der Waals surface area (Å²) < 4.78 is 22.0. The highest BCUT2D eigenvalue weighted by molar-refractivity contribution is 5.91. The topological polar surface area (TPSA) is 209 Å². The second-order valence-corrected chi connectivity index (χ2v) is 19.9. The number of benzene rings is 4. The van der Waals surface area contributed by atoms with Crippen LogP contribution in [0.15, 0.2) is 97.1 Å². The summed E-state index contributed by atoms with van der Waals surface area (Å²) in [5.41, 5.74) is 30.0. The van der Waals surface area contributed by atoms with Gasteiger partial charge in [0.1, 0.15) is 12.2 Å². The average molecular weight is 999 g/mol. The van der Waals surface area contributed by atoms with Gasteiger partial charge in [-0.1, -0.05) is 109 Å². The Kier molecular flexibility index (Phi) is 25.0. The van der Waals surface area contributed by atoms with Crippen LogP contribution in [0.1, 0.15) is 179 Å². The lowest BCUT2D eigenvalue weighted by Gasteiger charge is -2.28. The second-order valence-electron chi connectivity index (χ2n) is 19.9. The zero-order valence-electron chi connectivity index (χ0n) is 43.5. The van der Waals surface area contributed by atoms with Crippen LogP contribution in [0.2, 0.25) is 0 Å². The molecule has 2 saturated carbocycles. The summed E-state index contributed by atoms with van der Waals surface area (Å²) in [6.45, 7) is 4.95. The Morgan fingerprint density at radius 2 is 0.808 bits per heavy atom. The first-order valence-electron chi connectivity index (χ1n) is 27.0. The zero-order valence-corrected chi connectivity index (χ0v) is 43.5. The summed E-state index contributed by atoms with van der Waals surface area (Å²) in [6, 6.07) is 24.7. The molecular formula is C61H82N4O8. The van der Waals surface area contributed by atoms with Gasteiger partial charge in [0.15, 0.2) is 0 Å². The predicted octanol–water partition coefficient (Wildman–Crippen LogP) is 13.1. The van der Waals surface area contributed by atoms with Crippen molar-refractivity contribution in [3.63, 3.8) is 0 Å². The Morgan fingerprint density at radius 3 is 1.16 bits per heavy atom. The highest BCUT2D eigenvalue weighted by Crippen LogP contribution is 2.32. The van der Waals surface area contributed by atoms with E-state index in [1.165, 1.54) is 82.8 Å². The molecule has 0 heterocycles. The Balaban J connectivity index is 0.000000271. The van der Waals surface area contributed by atoms with Gasteiger partial charge in [0.05, 0.1) is 24.3 Å². The standard InChI is InChI=1S/C31H42N2O4.C30H40N2O4/c1-2-3-4-5-6-7-23-10-15-29(16-11-23)37-31(35)26-13-8-24(9-14-26)12-17-30(34)36-19-18-25-20-27(32)22-28(33)21-25;1-2-3-4-5-6-22-9-14-28(15-10-22)36-30(34)25-12-7-23(8-13-25)11-16-29(33)35-18-17-24-19-26(31)21-27(32)20-24/h8-9,12-14,17,20-23,29H,2-7,10-11,15-16,18-19,32-33H2,1H3;7-8,11-13,16,19-22,28H,2-6,9-10,14-15,17-18,31-32H2,1H3/b17-12+;16-11+. The molecule has 4 aromatic rings. The maximum absolute atomic E-state index is 12.6. The summed E-state index contributed by atoms with van der Waals surface area (Å²) in [5.74, 6) is 0.141. The van der Waals surface area contributed by atoms with Crippen molar-refractivity contribution in [1.29, 1.82) is 0 Å². The summed E-state index contributed by atoms with van der Waals surface area (Å²) in [7, 11) is 0. The molecule has 0 bridgehead atoms. The molecule has 6 rings (SSSR count). The molecule has 12 heteroatoms. The number of hydrogen-bond donors (Lipinski definition) is 4. The van der Waals surface area contributed by atoms with Crippen LogP contribution in [0.4, 0.5) is 22.7 Å². The molecule has 0 amide bonds. The van der Waals surface area contributed by atoms with Crippen molar-refractivity contribution in [2.45, 2.75) is 161 Å². The van der Waals surface area contributed by atoms with Crippen molar-refractivity contribution >= 4 is 58.8 Å². The van der Waals surface area contributed by atoms with E-state index in [1.54, 1.807) is 72.8 Å². The number of carbonyl (C=O) groups excluding carboxylic acids is 4. The molecule has 8 N–H and O–H groups in total. The van der Waals surface area contributed by atoms with Crippen LogP contribution >= 0.6 is 0 Å². The molecule has 394 valence electrons. The van der Waals surface area contributed by atoms with E-state index in [0.717, 1.165) is 85.5 Å². The molecule has 2 aliphatic carbocycles. The number of rotatable bonds is 25. The molecule has 12 nitrogen and oxygen atoms in total. The Bertz CT molecular complexity index is 2320. The molecule has 0 aromatic heterocycles.